The Hall–Kier alpha value is -1.75. The van der Waals surface area contributed by atoms with Gasteiger partial charge in [-0.25, -0.2) is 4.79 Å². The Labute approximate surface area is 135 Å². The minimum atomic E-state index is -1.11. The molecule has 0 aliphatic heterocycles. The molecule has 2 aromatic carbocycles. The molecule has 0 aliphatic rings. The molecule has 0 aliphatic carbocycles. The summed E-state index contributed by atoms with van der Waals surface area (Å²) in [5, 5.41) is 12.2. The number of hydrogen-bond acceptors (Lipinski definition) is 2. The van der Waals surface area contributed by atoms with Crippen LogP contribution in [0.25, 0.3) is 0 Å². The fourth-order valence-electron chi connectivity index (χ4n) is 1.61. The van der Waals surface area contributed by atoms with Gasteiger partial charge in [0.15, 0.2) is 0 Å². The molecular formula is C14H8Cl3NO3. The van der Waals surface area contributed by atoms with Crippen LogP contribution in [0.3, 0.4) is 0 Å². The summed E-state index contributed by atoms with van der Waals surface area (Å²) in [6, 6.07) is 8.47. The van der Waals surface area contributed by atoms with E-state index in [1.807, 2.05) is 0 Å². The highest BCUT2D eigenvalue weighted by atomic mass is 35.5. The Balaban J connectivity index is 2.28. The third-order valence-electron chi connectivity index (χ3n) is 2.63. The number of anilines is 1. The van der Waals surface area contributed by atoms with Gasteiger partial charge in [-0.1, -0.05) is 40.9 Å². The van der Waals surface area contributed by atoms with Crippen LogP contribution in [0, 0.1) is 0 Å². The zero-order valence-corrected chi connectivity index (χ0v) is 12.6. The van der Waals surface area contributed by atoms with Crippen molar-refractivity contribution in [3.05, 3.63) is 62.6 Å². The van der Waals surface area contributed by atoms with E-state index in [2.05, 4.69) is 5.32 Å². The summed E-state index contributed by atoms with van der Waals surface area (Å²) in [6.07, 6.45) is 0. The summed E-state index contributed by atoms with van der Waals surface area (Å²) in [7, 11) is 0. The van der Waals surface area contributed by atoms with Crippen molar-refractivity contribution in [2.75, 3.05) is 5.32 Å². The normalized spacial score (nSPS) is 10.2. The lowest BCUT2D eigenvalue weighted by Crippen LogP contribution is -2.13. The van der Waals surface area contributed by atoms with E-state index in [4.69, 9.17) is 39.9 Å². The Bertz CT molecular complexity index is 731. The summed E-state index contributed by atoms with van der Waals surface area (Å²) in [5.74, 6) is -1.62. The van der Waals surface area contributed by atoms with Crippen molar-refractivity contribution < 1.29 is 14.7 Å². The molecule has 0 fully saturated rings. The van der Waals surface area contributed by atoms with Crippen LogP contribution in [-0.2, 0) is 0 Å². The molecule has 2 N–H and O–H groups in total. The highest BCUT2D eigenvalue weighted by Crippen LogP contribution is 2.32. The Kier molecular flexibility index (Phi) is 4.73. The molecule has 7 heteroatoms. The van der Waals surface area contributed by atoms with Crippen LogP contribution in [0.15, 0.2) is 36.4 Å². The number of carbonyl (C=O) groups excluding carboxylic acids is 1. The second kappa shape index (κ2) is 6.35. The van der Waals surface area contributed by atoms with Crippen molar-refractivity contribution in [1.82, 2.24) is 0 Å². The maximum Gasteiger partial charge on any atom is 0.335 e. The zero-order valence-electron chi connectivity index (χ0n) is 10.4. The lowest BCUT2D eigenvalue weighted by Gasteiger charge is -2.09. The highest BCUT2D eigenvalue weighted by molar-refractivity contribution is 6.44. The third kappa shape index (κ3) is 3.67. The van der Waals surface area contributed by atoms with Gasteiger partial charge in [0.2, 0.25) is 0 Å². The molecule has 0 bridgehead atoms. The van der Waals surface area contributed by atoms with Crippen LogP contribution in [0.5, 0.6) is 0 Å². The van der Waals surface area contributed by atoms with E-state index in [1.165, 1.54) is 36.4 Å². The van der Waals surface area contributed by atoms with Gasteiger partial charge in [0, 0.05) is 5.56 Å². The molecule has 1 amide bonds. The number of nitrogens with one attached hydrogen (secondary N) is 1. The predicted octanol–water partition coefficient (Wildman–Crippen LogP) is 4.60. The van der Waals surface area contributed by atoms with E-state index in [0.29, 0.717) is 0 Å². The molecule has 0 radical (unpaired) electrons. The summed E-state index contributed by atoms with van der Waals surface area (Å²) in [5.41, 5.74) is 0.497. The Morgan fingerprint density at radius 3 is 2.19 bits per heavy atom. The number of carboxylic acids is 1. The molecule has 21 heavy (non-hydrogen) atoms. The number of carboxylic acid groups (broad SMARTS) is 1. The number of rotatable bonds is 3. The van der Waals surface area contributed by atoms with Gasteiger partial charge in [-0.05, 0) is 30.3 Å². The van der Waals surface area contributed by atoms with Crippen molar-refractivity contribution in [2.45, 2.75) is 0 Å². The van der Waals surface area contributed by atoms with Gasteiger partial charge < -0.3 is 10.4 Å². The quantitative estimate of drug-likeness (QED) is 0.800. The Morgan fingerprint density at radius 1 is 0.905 bits per heavy atom. The average molecular weight is 345 g/mol. The van der Waals surface area contributed by atoms with E-state index in [-0.39, 0.29) is 31.9 Å². The number of benzene rings is 2. The first-order chi connectivity index (χ1) is 9.88. The molecule has 0 saturated carbocycles. The topological polar surface area (TPSA) is 66.4 Å². The zero-order chi connectivity index (χ0) is 15.6. The monoisotopic (exact) mass is 343 g/mol. The van der Waals surface area contributed by atoms with E-state index in [0.717, 1.165) is 0 Å². The molecule has 2 aromatic rings. The molecule has 0 unspecified atom stereocenters. The maximum absolute atomic E-state index is 12.1. The van der Waals surface area contributed by atoms with Crippen molar-refractivity contribution in [1.29, 1.82) is 0 Å². The number of amides is 1. The Morgan fingerprint density at radius 2 is 1.52 bits per heavy atom. The lowest BCUT2D eigenvalue weighted by atomic mass is 10.1. The highest BCUT2D eigenvalue weighted by Gasteiger charge is 2.12. The van der Waals surface area contributed by atoms with Gasteiger partial charge in [-0.2, -0.15) is 0 Å². The number of aromatic carboxylic acids is 1. The van der Waals surface area contributed by atoms with Crippen LogP contribution in [-0.4, -0.2) is 17.0 Å². The molecule has 0 heterocycles. The van der Waals surface area contributed by atoms with E-state index in [9.17, 15) is 9.59 Å². The molecule has 0 saturated heterocycles. The minimum absolute atomic E-state index is 0.0166. The minimum Gasteiger partial charge on any atom is -0.478 e. The van der Waals surface area contributed by atoms with Crippen molar-refractivity contribution >= 4 is 52.4 Å². The molecule has 0 spiro atoms. The van der Waals surface area contributed by atoms with Crippen LogP contribution in [0.1, 0.15) is 20.7 Å². The molecule has 0 atom stereocenters. The van der Waals surface area contributed by atoms with Crippen molar-refractivity contribution in [3.8, 4) is 0 Å². The van der Waals surface area contributed by atoms with Crippen molar-refractivity contribution in [2.24, 2.45) is 0 Å². The second-order valence-corrected chi connectivity index (χ2v) is 5.31. The standard InChI is InChI=1S/C14H8Cl3NO3/c15-9-5-11(17)12(6-10(9)16)18-13(19)7-2-1-3-8(4-7)14(20)21/h1-6H,(H,18,19)(H,20,21). The number of hydrogen-bond donors (Lipinski definition) is 2. The largest absolute Gasteiger partial charge is 0.478 e. The molecule has 2 rings (SSSR count). The maximum atomic E-state index is 12.1. The van der Waals surface area contributed by atoms with Gasteiger partial charge in [0.25, 0.3) is 5.91 Å². The summed E-state index contributed by atoms with van der Waals surface area (Å²) >= 11 is 17.6. The van der Waals surface area contributed by atoms with E-state index >= 15 is 0 Å². The van der Waals surface area contributed by atoms with Crippen molar-refractivity contribution in [3.63, 3.8) is 0 Å². The first-order valence-corrected chi connectivity index (χ1v) is 6.81. The van der Waals surface area contributed by atoms with Crippen LogP contribution < -0.4 is 5.32 Å². The fraction of sp³-hybridized carbons (Fsp3) is 0. The van der Waals surface area contributed by atoms with E-state index < -0.39 is 11.9 Å². The second-order valence-electron chi connectivity index (χ2n) is 4.09. The van der Waals surface area contributed by atoms with Gasteiger partial charge in [-0.15, -0.1) is 0 Å². The predicted molar refractivity (Wildman–Crippen MR) is 82.8 cm³/mol. The van der Waals surface area contributed by atoms with Gasteiger partial charge in [-0.3, -0.25) is 4.79 Å². The molecular weight excluding hydrogens is 337 g/mol. The van der Waals surface area contributed by atoms with Gasteiger partial charge >= 0.3 is 5.97 Å². The molecule has 0 aromatic heterocycles. The van der Waals surface area contributed by atoms with Crippen LogP contribution >= 0.6 is 34.8 Å². The first-order valence-electron chi connectivity index (χ1n) is 5.67. The van der Waals surface area contributed by atoms with E-state index in [1.54, 1.807) is 0 Å². The fourth-order valence-corrected chi connectivity index (χ4v) is 2.20. The molecule has 4 nitrogen and oxygen atoms in total. The number of halogens is 3. The third-order valence-corrected chi connectivity index (χ3v) is 3.66. The number of carbonyl (C=O) groups is 2. The first kappa shape index (κ1) is 15.6. The smallest absolute Gasteiger partial charge is 0.335 e. The van der Waals surface area contributed by atoms with Crippen LogP contribution in [0.4, 0.5) is 5.69 Å². The van der Waals surface area contributed by atoms with Crippen LogP contribution in [0.2, 0.25) is 15.1 Å². The lowest BCUT2D eigenvalue weighted by molar-refractivity contribution is 0.0697. The van der Waals surface area contributed by atoms with Gasteiger partial charge in [0.05, 0.1) is 26.3 Å². The summed E-state index contributed by atoms with van der Waals surface area (Å²) in [4.78, 5) is 23.0. The summed E-state index contributed by atoms with van der Waals surface area (Å²) < 4.78 is 0. The van der Waals surface area contributed by atoms with Gasteiger partial charge in [0.1, 0.15) is 0 Å². The average Bonchev–Trinajstić information content (AvgIpc) is 2.44. The SMILES string of the molecule is O=C(O)c1cccc(C(=O)Nc2cc(Cl)c(Cl)cc2Cl)c1. The summed E-state index contributed by atoms with van der Waals surface area (Å²) in [6.45, 7) is 0. The molecule has 108 valence electrons.